The lowest BCUT2D eigenvalue weighted by atomic mass is 9.94. The van der Waals surface area contributed by atoms with E-state index in [-0.39, 0.29) is 18.1 Å². The SMILES string of the molecule is CC(=O)N[C@@](C)(C#N)Cc1ccccc1F. The van der Waals surface area contributed by atoms with Crippen LogP contribution in [0.15, 0.2) is 24.3 Å². The van der Waals surface area contributed by atoms with Crippen LogP contribution in [0.4, 0.5) is 4.39 Å². The average Bonchev–Trinajstić information content (AvgIpc) is 2.20. The Morgan fingerprint density at radius 3 is 2.69 bits per heavy atom. The molecular weight excluding hydrogens is 207 g/mol. The van der Waals surface area contributed by atoms with Crippen molar-refractivity contribution in [3.63, 3.8) is 0 Å². The van der Waals surface area contributed by atoms with Gasteiger partial charge in [0, 0.05) is 13.3 Å². The Hall–Kier alpha value is -1.89. The third kappa shape index (κ3) is 3.06. The molecule has 1 aromatic carbocycles. The van der Waals surface area contributed by atoms with Gasteiger partial charge in [-0.25, -0.2) is 4.39 Å². The zero-order chi connectivity index (χ0) is 12.2. The molecule has 0 heterocycles. The summed E-state index contributed by atoms with van der Waals surface area (Å²) in [5, 5.41) is 11.5. The summed E-state index contributed by atoms with van der Waals surface area (Å²) >= 11 is 0. The zero-order valence-corrected chi connectivity index (χ0v) is 9.25. The maximum atomic E-state index is 13.4. The Morgan fingerprint density at radius 1 is 1.56 bits per heavy atom. The lowest BCUT2D eigenvalue weighted by molar-refractivity contribution is -0.120. The van der Waals surface area contributed by atoms with Crippen LogP contribution in [0.2, 0.25) is 0 Å². The van der Waals surface area contributed by atoms with E-state index in [2.05, 4.69) is 5.32 Å². The van der Waals surface area contributed by atoms with E-state index in [4.69, 9.17) is 5.26 Å². The number of rotatable bonds is 3. The lowest BCUT2D eigenvalue weighted by Crippen LogP contribution is -2.45. The molecular formula is C12H13FN2O. The number of hydrogen-bond acceptors (Lipinski definition) is 2. The van der Waals surface area contributed by atoms with Crippen LogP contribution in [0.5, 0.6) is 0 Å². The average molecular weight is 220 g/mol. The van der Waals surface area contributed by atoms with E-state index < -0.39 is 5.54 Å². The number of hydrogen-bond donors (Lipinski definition) is 1. The topological polar surface area (TPSA) is 52.9 Å². The molecule has 0 unspecified atom stereocenters. The summed E-state index contributed by atoms with van der Waals surface area (Å²) in [7, 11) is 0. The Kier molecular flexibility index (Phi) is 3.62. The van der Waals surface area contributed by atoms with E-state index >= 15 is 0 Å². The van der Waals surface area contributed by atoms with Crippen LogP contribution < -0.4 is 5.32 Å². The van der Waals surface area contributed by atoms with Crippen LogP contribution in [0.25, 0.3) is 0 Å². The van der Waals surface area contributed by atoms with Crippen LogP contribution >= 0.6 is 0 Å². The van der Waals surface area contributed by atoms with Crippen LogP contribution in [0, 0.1) is 17.1 Å². The molecule has 1 aromatic rings. The molecule has 1 N–H and O–H groups in total. The third-order valence-electron chi connectivity index (χ3n) is 2.20. The highest BCUT2D eigenvalue weighted by molar-refractivity contribution is 5.74. The van der Waals surface area contributed by atoms with Gasteiger partial charge in [0.25, 0.3) is 0 Å². The Balaban J connectivity index is 2.90. The smallest absolute Gasteiger partial charge is 0.218 e. The molecule has 84 valence electrons. The Morgan fingerprint density at radius 2 is 2.19 bits per heavy atom. The van der Waals surface area contributed by atoms with E-state index in [1.165, 1.54) is 13.0 Å². The molecule has 1 atom stereocenters. The maximum Gasteiger partial charge on any atom is 0.218 e. The van der Waals surface area contributed by atoms with Gasteiger partial charge >= 0.3 is 0 Å². The van der Waals surface area contributed by atoms with Crippen molar-refractivity contribution in [2.45, 2.75) is 25.8 Å². The predicted octanol–water partition coefficient (Wildman–Crippen LogP) is 1.79. The molecule has 0 aliphatic rings. The van der Waals surface area contributed by atoms with Gasteiger partial charge in [-0.2, -0.15) is 5.26 Å². The number of nitrogens with one attached hydrogen (secondary N) is 1. The summed E-state index contributed by atoms with van der Waals surface area (Å²) in [6.45, 7) is 2.90. The molecule has 0 radical (unpaired) electrons. The van der Waals surface area contributed by atoms with Crippen LogP contribution in [0.3, 0.4) is 0 Å². The van der Waals surface area contributed by atoms with Gasteiger partial charge in [-0.05, 0) is 18.6 Å². The molecule has 16 heavy (non-hydrogen) atoms. The summed E-state index contributed by atoms with van der Waals surface area (Å²) in [6, 6.07) is 8.21. The predicted molar refractivity (Wildman–Crippen MR) is 57.9 cm³/mol. The van der Waals surface area contributed by atoms with Gasteiger partial charge in [-0.1, -0.05) is 18.2 Å². The minimum atomic E-state index is -1.08. The molecule has 3 nitrogen and oxygen atoms in total. The third-order valence-corrected chi connectivity index (χ3v) is 2.20. The van der Waals surface area contributed by atoms with Gasteiger partial charge < -0.3 is 5.32 Å². The van der Waals surface area contributed by atoms with Crippen molar-refractivity contribution < 1.29 is 9.18 Å². The molecule has 0 saturated carbocycles. The zero-order valence-electron chi connectivity index (χ0n) is 9.25. The number of halogens is 1. The van der Waals surface area contributed by atoms with Gasteiger partial charge in [0.2, 0.25) is 5.91 Å². The van der Waals surface area contributed by atoms with E-state index in [0.29, 0.717) is 5.56 Å². The van der Waals surface area contributed by atoms with Crippen molar-refractivity contribution >= 4 is 5.91 Å². The van der Waals surface area contributed by atoms with Crippen molar-refractivity contribution in [3.05, 3.63) is 35.6 Å². The summed E-state index contributed by atoms with van der Waals surface area (Å²) < 4.78 is 13.4. The fourth-order valence-corrected chi connectivity index (χ4v) is 1.52. The molecule has 0 saturated heterocycles. The number of nitrogens with zero attached hydrogens (tertiary/aromatic N) is 1. The summed E-state index contributed by atoms with van der Waals surface area (Å²) in [5.41, 5.74) is -0.658. The maximum absolute atomic E-state index is 13.4. The summed E-state index contributed by atoms with van der Waals surface area (Å²) in [4.78, 5) is 10.9. The fourth-order valence-electron chi connectivity index (χ4n) is 1.52. The molecule has 0 aliphatic carbocycles. The molecule has 0 fully saturated rings. The Bertz CT molecular complexity index is 439. The summed E-state index contributed by atoms with van der Waals surface area (Å²) in [6.07, 6.45) is 0.149. The highest BCUT2D eigenvalue weighted by Crippen LogP contribution is 2.15. The van der Waals surface area contributed by atoms with E-state index in [1.54, 1.807) is 25.1 Å². The first kappa shape index (κ1) is 12.2. The lowest BCUT2D eigenvalue weighted by Gasteiger charge is -2.22. The Labute approximate surface area is 93.9 Å². The van der Waals surface area contributed by atoms with Gasteiger partial charge in [0.05, 0.1) is 6.07 Å². The molecule has 1 amide bonds. The first-order valence-corrected chi connectivity index (χ1v) is 4.90. The van der Waals surface area contributed by atoms with Crippen molar-refractivity contribution in [2.24, 2.45) is 0 Å². The first-order chi connectivity index (χ1) is 7.47. The molecule has 0 aliphatic heterocycles. The summed E-state index contributed by atoms with van der Waals surface area (Å²) in [5.74, 6) is -0.672. The van der Waals surface area contributed by atoms with Crippen molar-refractivity contribution in [2.75, 3.05) is 0 Å². The largest absolute Gasteiger partial charge is 0.338 e. The highest BCUT2D eigenvalue weighted by atomic mass is 19.1. The van der Waals surface area contributed by atoms with Crippen LogP contribution in [-0.4, -0.2) is 11.4 Å². The normalized spacial score (nSPS) is 13.6. The van der Waals surface area contributed by atoms with Gasteiger partial charge in [-0.3, -0.25) is 4.79 Å². The minimum Gasteiger partial charge on any atom is -0.338 e. The van der Waals surface area contributed by atoms with Crippen LogP contribution in [0.1, 0.15) is 19.4 Å². The van der Waals surface area contributed by atoms with E-state index in [9.17, 15) is 9.18 Å². The molecule has 0 aromatic heterocycles. The van der Waals surface area contributed by atoms with Crippen molar-refractivity contribution in [3.8, 4) is 6.07 Å². The van der Waals surface area contributed by atoms with Crippen molar-refractivity contribution in [1.82, 2.24) is 5.32 Å². The van der Waals surface area contributed by atoms with Crippen LogP contribution in [-0.2, 0) is 11.2 Å². The number of carbonyl (C=O) groups excluding carboxylic acids is 1. The van der Waals surface area contributed by atoms with E-state index in [1.807, 2.05) is 6.07 Å². The molecule has 4 heteroatoms. The van der Waals surface area contributed by atoms with E-state index in [0.717, 1.165) is 0 Å². The monoisotopic (exact) mass is 220 g/mol. The van der Waals surface area contributed by atoms with Gasteiger partial charge in [0.15, 0.2) is 0 Å². The molecule has 1 rings (SSSR count). The fraction of sp³-hybridized carbons (Fsp3) is 0.333. The number of amides is 1. The molecule has 0 spiro atoms. The van der Waals surface area contributed by atoms with Crippen molar-refractivity contribution in [1.29, 1.82) is 5.26 Å². The van der Waals surface area contributed by atoms with Gasteiger partial charge in [-0.15, -0.1) is 0 Å². The van der Waals surface area contributed by atoms with Gasteiger partial charge in [0.1, 0.15) is 11.4 Å². The standard InChI is InChI=1S/C12H13FN2O/c1-9(16)15-12(2,8-14)7-10-5-3-4-6-11(10)13/h3-6H,7H2,1-2H3,(H,15,16)/t12-/m1/s1. The molecule has 0 bridgehead atoms. The minimum absolute atomic E-state index is 0.149. The number of benzene rings is 1. The number of carbonyl (C=O) groups is 1. The quantitative estimate of drug-likeness (QED) is 0.844. The first-order valence-electron chi connectivity index (χ1n) is 4.90. The second-order valence-corrected chi connectivity index (χ2v) is 3.89. The second kappa shape index (κ2) is 4.75. The number of nitriles is 1. The second-order valence-electron chi connectivity index (χ2n) is 3.89. The highest BCUT2D eigenvalue weighted by Gasteiger charge is 2.26.